The van der Waals surface area contributed by atoms with Gasteiger partial charge in [0, 0.05) is 32.6 Å². The van der Waals surface area contributed by atoms with Gasteiger partial charge in [-0.2, -0.15) is 0 Å². The number of hydrogen-bond acceptors (Lipinski definition) is 3. The number of hydrogen-bond donors (Lipinski definition) is 1. The van der Waals surface area contributed by atoms with Crippen LogP contribution in [0.5, 0.6) is 0 Å². The fraction of sp³-hybridized carbons (Fsp3) is 0.667. The van der Waals surface area contributed by atoms with Crippen LogP contribution in [0, 0.1) is 11.3 Å². The fourth-order valence-corrected chi connectivity index (χ4v) is 2.85. The minimum absolute atomic E-state index is 0.277. The van der Waals surface area contributed by atoms with E-state index in [9.17, 15) is 0 Å². The minimum atomic E-state index is 0.277. The fourth-order valence-electron chi connectivity index (χ4n) is 2.66. The van der Waals surface area contributed by atoms with Crippen LogP contribution in [-0.4, -0.2) is 31.8 Å². The van der Waals surface area contributed by atoms with Gasteiger partial charge in [0.15, 0.2) is 0 Å². The normalized spacial score (nSPS) is 18.3. The maximum Gasteiger partial charge on any atom is 0.0621 e. The van der Waals surface area contributed by atoms with Crippen molar-refractivity contribution in [3.63, 3.8) is 0 Å². The Morgan fingerprint density at radius 2 is 2.32 bits per heavy atom. The lowest BCUT2D eigenvalue weighted by atomic mass is 9.79. The van der Waals surface area contributed by atoms with E-state index < -0.39 is 0 Å². The Hall–Kier alpha value is -0.640. The van der Waals surface area contributed by atoms with Gasteiger partial charge >= 0.3 is 0 Å². The van der Waals surface area contributed by atoms with Crippen molar-refractivity contribution >= 4 is 11.6 Å². The molecule has 3 nitrogen and oxygen atoms in total. The summed E-state index contributed by atoms with van der Waals surface area (Å²) in [4.78, 5) is 4.06. The molecule has 19 heavy (non-hydrogen) atoms. The van der Waals surface area contributed by atoms with E-state index in [1.165, 1.54) is 18.4 Å². The molecule has 0 amide bonds. The number of aromatic nitrogens is 1. The van der Waals surface area contributed by atoms with E-state index in [4.69, 9.17) is 16.3 Å². The van der Waals surface area contributed by atoms with E-state index in [2.05, 4.69) is 17.2 Å². The van der Waals surface area contributed by atoms with Gasteiger partial charge in [-0.1, -0.05) is 18.5 Å². The first-order valence-electron chi connectivity index (χ1n) is 6.94. The van der Waals surface area contributed by atoms with E-state index in [1.807, 2.05) is 12.3 Å². The summed E-state index contributed by atoms with van der Waals surface area (Å²) in [6, 6.07) is 2.04. The number of ether oxygens (including phenoxy) is 1. The van der Waals surface area contributed by atoms with Gasteiger partial charge in [0.05, 0.1) is 11.6 Å². The molecule has 0 radical (unpaired) electrons. The molecule has 1 heterocycles. The molecule has 106 valence electrons. The smallest absolute Gasteiger partial charge is 0.0621 e. The molecule has 0 aromatic carbocycles. The molecule has 1 N–H and O–H groups in total. The third-order valence-corrected chi connectivity index (χ3v) is 4.37. The van der Waals surface area contributed by atoms with Crippen molar-refractivity contribution in [3.8, 4) is 0 Å². The lowest BCUT2D eigenvalue weighted by molar-refractivity contribution is 0.187. The van der Waals surface area contributed by atoms with E-state index in [0.717, 1.165) is 37.1 Å². The lowest BCUT2D eigenvalue weighted by Gasteiger charge is -2.30. The Morgan fingerprint density at radius 1 is 1.53 bits per heavy atom. The summed E-state index contributed by atoms with van der Waals surface area (Å²) in [5.41, 5.74) is 1.48. The van der Waals surface area contributed by atoms with Crippen molar-refractivity contribution in [2.45, 2.75) is 26.2 Å². The van der Waals surface area contributed by atoms with Gasteiger partial charge in [0.1, 0.15) is 0 Å². The standard InChI is InChI=1S/C15H23ClN2O/c1-15(13-3-4-13,11-18-7-8-19-2)9-12-5-6-17-10-14(12)16/h5-6,10,13,18H,3-4,7-9,11H2,1-2H3. The van der Waals surface area contributed by atoms with Crippen molar-refractivity contribution < 1.29 is 4.74 Å². The summed E-state index contributed by atoms with van der Waals surface area (Å²) in [5, 5.41) is 4.29. The van der Waals surface area contributed by atoms with Crippen molar-refractivity contribution in [3.05, 3.63) is 29.0 Å². The molecule has 0 saturated heterocycles. The molecule has 1 aromatic rings. The van der Waals surface area contributed by atoms with Crippen LogP contribution in [0.25, 0.3) is 0 Å². The quantitative estimate of drug-likeness (QED) is 0.745. The highest BCUT2D eigenvalue weighted by Gasteiger charge is 2.41. The van der Waals surface area contributed by atoms with E-state index in [1.54, 1.807) is 13.3 Å². The third kappa shape index (κ3) is 4.16. The average Bonchev–Trinajstić information content (AvgIpc) is 3.22. The second-order valence-electron chi connectivity index (χ2n) is 5.74. The van der Waals surface area contributed by atoms with Gasteiger partial charge in [-0.25, -0.2) is 0 Å². The summed E-state index contributed by atoms with van der Waals surface area (Å²) < 4.78 is 5.08. The topological polar surface area (TPSA) is 34.1 Å². The largest absolute Gasteiger partial charge is 0.383 e. The second kappa shape index (κ2) is 6.69. The Bertz CT molecular complexity index is 409. The van der Waals surface area contributed by atoms with Crippen LogP contribution in [0.15, 0.2) is 18.5 Å². The molecule has 2 rings (SSSR count). The molecular weight excluding hydrogens is 260 g/mol. The van der Waals surface area contributed by atoms with Crippen LogP contribution in [0.2, 0.25) is 5.02 Å². The number of pyridine rings is 1. The van der Waals surface area contributed by atoms with Crippen LogP contribution in [-0.2, 0) is 11.2 Å². The Labute approximate surface area is 120 Å². The van der Waals surface area contributed by atoms with Crippen molar-refractivity contribution in [2.75, 3.05) is 26.8 Å². The first-order chi connectivity index (χ1) is 9.15. The van der Waals surface area contributed by atoms with Gasteiger partial charge in [0.2, 0.25) is 0 Å². The van der Waals surface area contributed by atoms with Crippen LogP contribution < -0.4 is 5.32 Å². The van der Waals surface area contributed by atoms with Crippen LogP contribution in [0.3, 0.4) is 0 Å². The van der Waals surface area contributed by atoms with E-state index >= 15 is 0 Å². The first kappa shape index (κ1) is 14.8. The molecule has 1 aliphatic rings. The number of nitrogens with zero attached hydrogens (tertiary/aromatic N) is 1. The molecule has 1 aliphatic carbocycles. The molecule has 1 saturated carbocycles. The third-order valence-electron chi connectivity index (χ3n) is 4.03. The zero-order chi connectivity index (χ0) is 13.7. The number of methoxy groups -OCH3 is 1. The zero-order valence-electron chi connectivity index (χ0n) is 11.8. The van der Waals surface area contributed by atoms with Gasteiger partial charge in [-0.05, 0) is 42.2 Å². The molecule has 1 aromatic heterocycles. The summed E-state index contributed by atoms with van der Waals surface area (Å²) in [7, 11) is 1.73. The summed E-state index contributed by atoms with van der Waals surface area (Å²) >= 11 is 6.24. The SMILES string of the molecule is COCCNCC(C)(Cc1ccncc1Cl)C1CC1. The van der Waals surface area contributed by atoms with Crippen molar-refractivity contribution in [1.82, 2.24) is 10.3 Å². The second-order valence-corrected chi connectivity index (χ2v) is 6.15. The molecule has 1 atom stereocenters. The maximum atomic E-state index is 6.24. The number of halogens is 1. The highest BCUT2D eigenvalue weighted by atomic mass is 35.5. The zero-order valence-corrected chi connectivity index (χ0v) is 12.5. The Morgan fingerprint density at radius 3 is 2.95 bits per heavy atom. The minimum Gasteiger partial charge on any atom is -0.383 e. The highest BCUT2D eigenvalue weighted by molar-refractivity contribution is 6.31. The van der Waals surface area contributed by atoms with Crippen molar-refractivity contribution in [2.24, 2.45) is 11.3 Å². The van der Waals surface area contributed by atoms with Crippen molar-refractivity contribution in [1.29, 1.82) is 0 Å². The number of nitrogens with one attached hydrogen (secondary N) is 1. The van der Waals surface area contributed by atoms with E-state index in [0.29, 0.717) is 0 Å². The molecular formula is C15H23ClN2O. The molecule has 1 unspecified atom stereocenters. The number of rotatable bonds is 8. The molecule has 0 spiro atoms. The Balaban J connectivity index is 1.97. The van der Waals surface area contributed by atoms with Crippen LogP contribution >= 0.6 is 11.6 Å². The first-order valence-corrected chi connectivity index (χ1v) is 7.31. The van der Waals surface area contributed by atoms with Gasteiger partial charge in [-0.15, -0.1) is 0 Å². The molecule has 0 bridgehead atoms. The molecule has 0 aliphatic heterocycles. The predicted molar refractivity (Wildman–Crippen MR) is 78.5 cm³/mol. The molecule has 1 fully saturated rings. The monoisotopic (exact) mass is 282 g/mol. The maximum absolute atomic E-state index is 6.24. The summed E-state index contributed by atoms with van der Waals surface area (Å²) in [6.45, 7) is 5.04. The van der Waals surface area contributed by atoms with Gasteiger partial charge in [-0.3, -0.25) is 4.98 Å². The van der Waals surface area contributed by atoms with Gasteiger partial charge in [0.25, 0.3) is 0 Å². The lowest BCUT2D eigenvalue weighted by Crippen LogP contribution is -2.37. The van der Waals surface area contributed by atoms with E-state index in [-0.39, 0.29) is 5.41 Å². The predicted octanol–water partition coefficient (Wildman–Crippen LogP) is 2.93. The summed E-state index contributed by atoms with van der Waals surface area (Å²) in [5.74, 6) is 0.812. The average molecular weight is 283 g/mol. The highest BCUT2D eigenvalue weighted by Crippen LogP contribution is 2.47. The summed E-state index contributed by atoms with van der Waals surface area (Å²) in [6.07, 6.45) is 7.25. The van der Waals surface area contributed by atoms with Gasteiger partial charge < -0.3 is 10.1 Å². The Kier molecular flexibility index (Phi) is 5.20. The van der Waals surface area contributed by atoms with Crippen LogP contribution in [0.1, 0.15) is 25.3 Å². The molecule has 4 heteroatoms. The van der Waals surface area contributed by atoms with Crippen LogP contribution in [0.4, 0.5) is 0 Å².